The lowest BCUT2D eigenvalue weighted by Gasteiger charge is -2.04. The first-order valence-electron chi connectivity index (χ1n) is 6.59. The summed E-state index contributed by atoms with van der Waals surface area (Å²) in [6.45, 7) is 2.29. The van der Waals surface area contributed by atoms with Crippen LogP contribution in [0.1, 0.15) is 19.1 Å². The third-order valence-corrected chi connectivity index (χ3v) is 3.72. The molecule has 2 rings (SSSR count). The topological polar surface area (TPSA) is 139 Å². The van der Waals surface area contributed by atoms with E-state index in [9.17, 15) is 19.7 Å². The predicted molar refractivity (Wildman–Crippen MR) is 83.2 cm³/mol. The molecule has 0 spiro atoms. The Balaban J connectivity index is 1.93. The number of amidine groups is 1. The van der Waals surface area contributed by atoms with Crippen LogP contribution in [0.2, 0.25) is 0 Å². The van der Waals surface area contributed by atoms with Crippen LogP contribution in [0.15, 0.2) is 26.8 Å². The molecule has 0 aromatic carbocycles. The highest BCUT2D eigenvalue weighted by Gasteiger charge is 2.32. The van der Waals surface area contributed by atoms with Crippen LogP contribution in [0.4, 0.5) is 5.88 Å². The summed E-state index contributed by atoms with van der Waals surface area (Å²) in [7, 11) is 0. The molecule has 2 amide bonds. The number of nitro groups is 1. The lowest BCUT2D eigenvalue weighted by atomic mass is 10.3. The summed E-state index contributed by atoms with van der Waals surface area (Å²) in [5, 5.41) is 22.7. The van der Waals surface area contributed by atoms with Crippen molar-refractivity contribution < 1.29 is 18.9 Å². The maximum Gasteiger partial charge on any atom is 0.433 e. The summed E-state index contributed by atoms with van der Waals surface area (Å²) in [5.74, 6) is -0.768. The standard InChI is InChI=1S/C12H13N5O5S/c1-2-13-9(18)5-8-11(19)15-12(23-8)16-14-6-7-3-4-10(22-7)17(20)21/h3-4,6,8H,2,5H2,1H3,(H,13,18)(H,15,16,19)/b14-6+. The van der Waals surface area contributed by atoms with Crippen molar-refractivity contribution in [2.75, 3.05) is 6.54 Å². The summed E-state index contributed by atoms with van der Waals surface area (Å²) < 4.78 is 4.87. The SMILES string of the molecule is CCNC(=O)CC1S/C(=N\N=C\c2ccc([N+](=O)[O-])o2)NC1=O. The van der Waals surface area contributed by atoms with E-state index >= 15 is 0 Å². The summed E-state index contributed by atoms with van der Waals surface area (Å²) >= 11 is 1.09. The van der Waals surface area contributed by atoms with Crippen molar-refractivity contribution in [2.45, 2.75) is 18.6 Å². The molecule has 10 nitrogen and oxygen atoms in total. The molecule has 2 heterocycles. The van der Waals surface area contributed by atoms with Gasteiger partial charge >= 0.3 is 5.88 Å². The van der Waals surface area contributed by atoms with Crippen molar-refractivity contribution >= 4 is 40.8 Å². The highest BCUT2D eigenvalue weighted by atomic mass is 32.2. The van der Waals surface area contributed by atoms with E-state index in [-0.39, 0.29) is 29.2 Å². The zero-order valence-corrected chi connectivity index (χ0v) is 12.8. The number of nitrogens with zero attached hydrogens (tertiary/aromatic N) is 3. The number of thioether (sulfide) groups is 1. The first-order valence-corrected chi connectivity index (χ1v) is 7.47. The molecule has 11 heteroatoms. The zero-order valence-electron chi connectivity index (χ0n) is 12.0. The van der Waals surface area contributed by atoms with Crippen LogP contribution in [-0.4, -0.2) is 39.9 Å². The Morgan fingerprint density at radius 3 is 3.04 bits per heavy atom. The maximum absolute atomic E-state index is 11.7. The molecular weight excluding hydrogens is 326 g/mol. The Kier molecular flexibility index (Phi) is 5.46. The molecular formula is C12H13N5O5S. The van der Waals surface area contributed by atoms with Gasteiger partial charge in [-0.25, -0.2) is 0 Å². The summed E-state index contributed by atoms with van der Waals surface area (Å²) in [5.41, 5.74) is 0. The van der Waals surface area contributed by atoms with Gasteiger partial charge in [-0.2, -0.15) is 5.10 Å². The fourth-order valence-electron chi connectivity index (χ4n) is 1.67. The molecule has 2 N–H and O–H groups in total. The van der Waals surface area contributed by atoms with E-state index in [2.05, 4.69) is 20.8 Å². The quantitative estimate of drug-likeness (QED) is 0.443. The van der Waals surface area contributed by atoms with E-state index in [1.807, 2.05) is 0 Å². The maximum atomic E-state index is 11.7. The largest absolute Gasteiger partial charge is 0.433 e. The van der Waals surface area contributed by atoms with Gasteiger partial charge in [-0.1, -0.05) is 11.8 Å². The molecule has 1 aromatic rings. The van der Waals surface area contributed by atoms with E-state index in [4.69, 9.17) is 4.42 Å². The summed E-state index contributed by atoms with van der Waals surface area (Å²) in [6.07, 6.45) is 1.24. The molecule has 0 bridgehead atoms. The molecule has 0 radical (unpaired) electrons. The second-order valence-electron chi connectivity index (χ2n) is 4.34. The number of carbonyl (C=O) groups excluding carboxylic acids is 2. The molecule has 1 unspecified atom stereocenters. The minimum absolute atomic E-state index is 0.0530. The van der Waals surface area contributed by atoms with E-state index < -0.39 is 16.1 Å². The molecule has 1 saturated heterocycles. The van der Waals surface area contributed by atoms with Crippen molar-refractivity contribution in [3.8, 4) is 0 Å². The number of amides is 2. The van der Waals surface area contributed by atoms with Crippen LogP contribution in [0.3, 0.4) is 0 Å². The van der Waals surface area contributed by atoms with Crippen LogP contribution in [0, 0.1) is 10.1 Å². The minimum atomic E-state index is -0.664. The lowest BCUT2D eigenvalue weighted by molar-refractivity contribution is -0.402. The summed E-state index contributed by atoms with van der Waals surface area (Å²) in [4.78, 5) is 33.0. The van der Waals surface area contributed by atoms with Gasteiger partial charge in [0.15, 0.2) is 10.9 Å². The lowest BCUT2D eigenvalue weighted by Crippen LogP contribution is -2.31. The smallest absolute Gasteiger partial charge is 0.400 e. The Morgan fingerprint density at radius 2 is 2.39 bits per heavy atom. The van der Waals surface area contributed by atoms with Gasteiger partial charge in [-0.05, 0) is 13.0 Å². The molecule has 1 atom stereocenters. The average Bonchev–Trinajstić information content (AvgIpc) is 3.07. The normalized spacial score (nSPS) is 19.3. The monoisotopic (exact) mass is 339 g/mol. The van der Waals surface area contributed by atoms with E-state index in [1.165, 1.54) is 18.3 Å². The molecule has 23 heavy (non-hydrogen) atoms. The van der Waals surface area contributed by atoms with Gasteiger partial charge < -0.3 is 15.1 Å². The van der Waals surface area contributed by atoms with Crippen molar-refractivity contribution in [2.24, 2.45) is 10.2 Å². The fraction of sp³-hybridized carbons (Fsp3) is 0.333. The second-order valence-corrected chi connectivity index (χ2v) is 5.53. The molecule has 1 aromatic heterocycles. The Morgan fingerprint density at radius 1 is 1.61 bits per heavy atom. The number of furan rings is 1. The van der Waals surface area contributed by atoms with Gasteiger partial charge in [0.05, 0.1) is 12.3 Å². The van der Waals surface area contributed by atoms with E-state index in [1.54, 1.807) is 6.92 Å². The van der Waals surface area contributed by atoms with Gasteiger partial charge in [0.2, 0.25) is 11.8 Å². The molecule has 1 fully saturated rings. The van der Waals surface area contributed by atoms with Crippen LogP contribution >= 0.6 is 11.8 Å². The third-order valence-electron chi connectivity index (χ3n) is 2.65. The number of carbonyl (C=O) groups is 2. The van der Waals surface area contributed by atoms with Gasteiger partial charge in [-0.3, -0.25) is 19.7 Å². The number of nitrogens with one attached hydrogen (secondary N) is 2. The first kappa shape index (κ1) is 16.7. The predicted octanol–water partition coefficient (Wildman–Crippen LogP) is 0.635. The Labute approximate surface area is 134 Å². The highest BCUT2D eigenvalue weighted by Crippen LogP contribution is 2.22. The zero-order chi connectivity index (χ0) is 16.8. The van der Waals surface area contributed by atoms with Gasteiger partial charge in [-0.15, -0.1) is 5.10 Å². The van der Waals surface area contributed by atoms with Gasteiger partial charge in [0, 0.05) is 13.0 Å². The number of hydrogen-bond acceptors (Lipinski definition) is 8. The highest BCUT2D eigenvalue weighted by molar-refractivity contribution is 8.15. The molecule has 0 aliphatic carbocycles. The van der Waals surface area contributed by atoms with Crippen molar-refractivity contribution in [1.29, 1.82) is 0 Å². The van der Waals surface area contributed by atoms with Crippen LogP contribution in [-0.2, 0) is 9.59 Å². The second kappa shape index (κ2) is 7.54. The Hall–Kier alpha value is -2.69. The van der Waals surface area contributed by atoms with Gasteiger partial charge in [0.25, 0.3) is 0 Å². The Bertz CT molecular complexity index is 683. The van der Waals surface area contributed by atoms with E-state index in [0.717, 1.165) is 11.8 Å². The molecule has 122 valence electrons. The van der Waals surface area contributed by atoms with Crippen molar-refractivity contribution in [1.82, 2.24) is 10.6 Å². The third kappa shape index (κ3) is 4.64. The van der Waals surface area contributed by atoms with Crippen LogP contribution in [0.25, 0.3) is 0 Å². The number of rotatable bonds is 6. The molecule has 1 aliphatic heterocycles. The van der Waals surface area contributed by atoms with Crippen LogP contribution < -0.4 is 10.6 Å². The molecule has 0 saturated carbocycles. The fourth-order valence-corrected chi connectivity index (χ4v) is 2.60. The first-order chi connectivity index (χ1) is 11.0. The molecule has 1 aliphatic rings. The van der Waals surface area contributed by atoms with Crippen molar-refractivity contribution in [3.63, 3.8) is 0 Å². The van der Waals surface area contributed by atoms with E-state index in [0.29, 0.717) is 6.54 Å². The minimum Gasteiger partial charge on any atom is -0.400 e. The van der Waals surface area contributed by atoms with Gasteiger partial charge in [0.1, 0.15) is 10.2 Å². The van der Waals surface area contributed by atoms with Crippen molar-refractivity contribution in [3.05, 3.63) is 28.0 Å². The average molecular weight is 339 g/mol. The van der Waals surface area contributed by atoms with Crippen LogP contribution in [0.5, 0.6) is 0 Å². The summed E-state index contributed by atoms with van der Waals surface area (Å²) in [6, 6.07) is 2.57. The number of hydrogen-bond donors (Lipinski definition) is 2.